The van der Waals surface area contributed by atoms with E-state index >= 15 is 0 Å². The molecule has 2 rings (SSSR count). The number of rotatable bonds is 5. The molecule has 106 valence electrons. The summed E-state index contributed by atoms with van der Waals surface area (Å²) in [6.45, 7) is 9.00. The first-order valence-electron chi connectivity index (χ1n) is 7.36. The van der Waals surface area contributed by atoms with Gasteiger partial charge in [-0.25, -0.2) is 9.97 Å². The van der Waals surface area contributed by atoms with E-state index in [9.17, 15) is 0 Å². The Morgan fingerprint density at radius 3 is 2.84 bits per heavy atom. The summed E-state index contributed by atoms with van der Waals surface area (Å²) in [5.74, 6) is 2.57. The molecule has 4 heteroatoms. The highest BCUT2D eigenvalue weighted by Gasteiger charge is 2.14. The Bertz CT molecular complexity index is 414. The first-order chi connectivity index (χ1) is 9.20. The molecular weight excluding hydrogens is 238 g/mol. The van der Waals surface area contributed by atoms with Crippen molar-refractivity contribution < 1.29 is 4.74 Å². The first-order valence-corrected chi connectivity index (χ1v) is 7.36. The molecule has 1 fully saturated rings. The van der Waals surface area contributed by atoms with Gasteiger partial charge in [-0.1, -0.05) is 6.92 Å². The number of hydrogen-bond donors (Lipinski definition) is 1. The van der Waals surface area contributed by atoms with Crippen LogP contribution in [0.4, 0.5) is 5.82 Å². The maximum atomic E-state index is 5.51. The summed E-state index contributed by atoms with van der Waals surface area (Å²) < 4.78 is 5.51. The van der Waals surface area contributed by atoms with Crippen molar-refractivity contribution in [1.82, 2.24) is 9.97 Å². The molecule has 19 heavy (non-hydrogen) atoms. The van der Waals surface area contributed by atoms with E-state index in [4.69, 9.17) is 4.74 Å². The Kier molecular flexibility index (Phi) is 5.14. The second-order valence-electron chi connectivity index (χ2n) is 5.34. The Morgan fingerprint density at radius 2 is 2.16 bits per heavy atom. The maximum Gasteiger partial charge on any atom is 0.133 e. The van der Waals surface area contributed by atoms with Gasteiger partial charge in [-0.05, 0) is 45.4 Å². The maximum absolute atomic E-state index is 5.51. The van der Waals surface area contributed by atoms with E-state index in [-0.39, 0.29) is 0 Å². The minimum atomic E-state index is 0.704. The van der Waals surface area contributed by atoms with Crippen LogP contribution in [-0.2, 0) is 11.2 Å². The highest BCUT2D eigenvalue weighted by molar-refractivity contribution is 5.46. The monoisotopic (exact) mass is 263 g/mol. The summed E-state index contributed by atoms with van der Waals surface area (Å²) in [6.07, 6.45) is 4.63. The lowest BCUT2D eigenvalue weighted by atomic mass is 9.99. The third kappa shape index (κ3) is 3.90. The molecule has 1 aliphatic heterocycles. The zero-order chi connectivity index (χ0) is 13.7. The summed E-state index contributed by atoms with van der Waals surface area (Å²) in [5, 5.41) is 3.49. The van der Waals surface area contributed by atoms with Gasteiger partial charge in [0.2, 0.25) is 0 Å². The molecule has 0 aromatic carbocycles. The van der Waals surface area contributed by atoms with Gasteiger partial charge in [-0.3, -0.25) is 0 Å². The average molecular weight is 263 g/mol. The standard InChI is InChI=1S/C15H25N3O/c1-4-14-11(2)17-12(3)18-15(14)16-8-7-13-6-5-9-19-10-13/h13H,4-10H2,1-3H3,(H,16,17,18). The van der Waals surface area contributed by atoms with Gasteiger partial charge < -0.3 is 10.1 Å². The van der Waals surface area contributed by atoms with Gasteiger partial charge in [-0.2, -0.15) is 0 Å². The van der Waals surface area contributed by atoms with Crippen molar-refractivity contribution in [3.05, 3.63) is 17.1 Å². The van der Waals surface area contributed by atoms with Crippen molar-refractivity contribution in [3.63, 3.8) is 0 Å². The molecule has 1 unspecified atom stereocenters. The van der Waals surface area contributed by atoms with Gasteiger partial charge in [0.25, 0.3) is 0 Å². The quantitative estimate of drug-likeness (QED) is 0.887. The van der Waals surface area contributed by atoms with Crippen molar-refractivity contribution in [2.24, 2.45) is 5.92 Å². The molecule has 1 saturated heterocycles. The van der Waals surface area contributed by atoms with Crippen LogP contribution in [0.25, 0.3) is 0 Å². The summed E-state index contributed by atoms with van der Waals surface area (Å²) in [5.41, 5.74) is 2.34. The highest BCUT2D eigenvalue weighted by atomic mass is 16.5. The van der Waals surface area contributed by atoms with Gasteiger partial charge in [0.05, 0.1) is 0 Å². The smallest absolute Gasteiger partial charge is 0.133 e. The summed E-state index contributed by atoms with van der Waals surface area (Å²) in [7, 11) is 0. The highest BCUT2D eigenvalue weighted by Crippen LogP contribution is 2.19. The number of hydrogen-bond acceptors (Lipinski definition) is 4. The molecular formula is C15H25N3O. The van der Waals surface area contributed by atoms with E-state index in [1.165, 1.54) is 18.4 Å². The van der Waals surface area contributed by atoms with Crippen LogP contribution >= 0.6 is 0 Å². The van der Waals surface area contributed by atoms with E-state index in [1.54, 1.807) is 0 Å². The van der Waals surface area contributed by atoms with Crippen LogP contribution in [-0.4, -0.2) is 29.7 Å². The Morgan fingerprint density at radius 1 is 1.32 bits per heavy atom. The second-order valence-corrected chi connectivity index (χ2v) is 5.34. The van der Waals surface area contributed by atoms with Gasteiger partial charge in [0.1, 0.15) is 11.6 Å². The molecule has 1 atom stereocenters. The molecule has 0 spiro atoms. The fourth-order valence-electron chi connectivity index (χ4n) is 2.74. The number of ether oxygens (including phenoxy) is 1. The third-order valence-electron chi connectivity index (χ3n) is 3.78. The van der Waals surface area contributed by atoms with Crippen LogP contribution in [0.2, 0.25) is 0 Å². The summed E-state index contributed by atoms with van der Waals surface area (Å²) >= 11 is 0. The molecule has 0 bridgehead atoms. The molecule has 0 radical (unpaired) electrons. The lowest BCUT2D eigenvalue weighted by Crippen LogP contribution is -2.20. The SMILES string of the molecule is CCc1c(C)nc(C)nc1NCCC1CCCOC1. The molecule has 0 aliphatic carbocycles. The van der Waals surface area contributed by atoms with E-state index in [1.807, 2.05) is 6.92 Å². The number of aryl methyl sites for hydroxylation is 2. The predicted octanol–water partition coefficient (Wildman–Crippen LogP) is 2.88. The van der Waals surface area contributed by atoms with Crippen molar-refractivity contribution >= 4 is 5.82 Å². The van der Waals surface area contributed by atoms with Crippen LogP contribution in [0.1, 0.15) is 43.3 Å². The predicted molar refractivity (Wildman–Crippen MR) is 77.5 cm³/mol. The number of aromatic nitrogens is 2. The lowest BCUT2D eigenvalue weighted by Gasteiger charge is -2.22. The first kappa shape index (κ1) is 14.3. The van der Waals surface area contributed by atoms with Crippen LogP contribution < -0.4 is 5.32 Å². The Balaban J connectivity index is 1.91. The molecule has 1 N–H and O–H groups in total. The van der Waals surface area contributed by atoms with Crippen molar-refractivity contribution in [2.75, 3.05) is 25.1 Å². The fourth-order valence-corrected chi connectivity index (χ4v) is 2.74. The van der Waals surface area contributed by atoms with E-state index in [2.05, 4.69) is 29.1 Å². The van der Waals surface area contributed by atoms with Crippen molar-refractivity contribution in [3.8, 4) is 0 Å². The van der Waals surface area contributed by atoms with E-state index in [0.717, 1.165) is 49.9 Å². The minimum absolute atomic E-state index is 0.704. The largest absolute Gasteiger partial charge is 0.381 e. The van der Waals surface area contributed by atoms with Gasteiger partial charge in [0, 0.05) is 31.0 Å². The molecule has 4 nitrogen and oxygen atoms in total. The van der Waals surface area contributed by atoms with E-state index < -0.39 is 0 Å². The number of anilines is 1. The van der Waals surface area contributed by atoms with E-state index in [0.29, 0.717) is 5.92 Å². The topological polar surface area (TPSA) is 47.0 Å². The molecule has 1 aliphatic rings. The second kappa shape index (κ2) is 6.85. The van der Waals surface area contributed by atoms with Gasteiger partial charge in [0.15, 0.2) is 0 Å². The zero-order valence-electron chi connectivity index (χ0n) is 12.3. The van der Waals surface area contributed by atoms with Crippen LogP contribution in [0.15, 0.2) is 0 Å². The third-order valence-corrected chi connectivity index (χ3v) is 3.78. The van der Waals surface area contributed by atoms with Gasteiger partial charge >= 0.3 is 0 Å². The molecule has 0 amide bonds. The van der Waals surface area contributed by atoms with Crippen molar-refractivity contribution in [1.29, 1.82) is 0 Å². The van der Waals surface area contributed by atoms with Crippen LogP contribution in [0.5, 0.6) is 0 Å². The lowest BCUT2D eigenvalue weighted by molar-refractivity contribution is 0.0530. The normalized spacial score (nSPS) is 19.4. The minimum Gasteiger partial charge on any atom is -0.381 e. The van der Waals surface area contributed by atoms with Crippen LogP contribution in [0, 0.1) is 19.8 Å². The Hall–Kier alpha value is -1.16. The number of nitrogens with one attached hydrogen (secondary N) is 1. The summed E-state index contributed by atoms with van der Waals surface area (Å²) in [4.78, 5) is 8.97. The molecule has 2 heterocycles. The fraction of sp³-hybridized carbons (Fsp3) is 0.733. The van der Waals surface area contributed by atoms with Crippen LogP contribution in [0.3, 0.4) is 0 Å². The zero-order valence-corrected chi connectivity index (χ0v) is 12.3. The molecule has 0 saturated carbocycles. The number of nitrogens with zero attached hydrogens (tertiary/aromatic N) is 2. The molecule has 1 aromatic heterocycles. The van der Waals surface area contributed by atoms with Crippen molar-refractivity contribution in [2.45, 2.75) is 46.5 Å². The summed E-state index contributed by atoms with van der Waals surface area (Å²) in [6, 6.07) is 0. The average Bonchev–Trinajstić information content (AvgIpc) is 2.39. The van der Waals surface area contributed by atoms with Gasteiger partial charge in [-0.15, -0.1) is 0 Å². The molecule has 1 aromatic rings. The Labute approximate surface area is 116 Å².